The monoisotopic (exact) mass is 441 g/mol. The normalized spacial score (nSPS) is 16.4. The first-order valence-corrected chi connectivity index (χ1v) is 11.3. The van der Waals surface area contributed by atoms with Crippen molar-refractivity contribution in [1.29, 1.82) is 5.26 Å². The Hall–Kier alpha value is -3.69. The van der Waals surface area contributed by atoms with E-state index in [1.807, 2.05) is 60.7 Å². The number of ether oxygens (including phenoxy) is 1. The van der Waals surface area contributed by atoms with E-state index in [4.69, 9.17) is 4.74 Å². The third-order valence-electron chi connectivity index (χ3n) is 5.12. The molecule has 0 bridgehead atoms. The van der Waals surface area contributed by atoms with Crippen LogP contribution in [-0.4, -0.2) is 11.4 Å². The number of hydrogen-bond donors (Lipinski definition) is 2. The fourth-order valence-corrected chi connectivity index (χ4v) is 4.31. The minimum atomic E-state index is -0.239. The van der Waals surface area contributed by atoms with E-state index in [9.17, 15) is 10.1 Å². The number of amides is 1. The molecule has 1 aliphatic heterocycles. The van der Waals surface area contributed by atoms with Crippen LogP contribution in [0.5, 0.6) is 5.75 Å². The van der Waals surface area contributed by atoms with Gasteiger partial charge in [-0.05, 0) is 42.3 Å². The van der Waals surface area contributed by atoms with E-state index in [2.05, 4.69) is 35.8 Å². The summed E-state index contributed by atoms with van der Waals surface area (Å²) in [5, 5.41) is 15.6. The first-order valence-electron chi connectivity index (χ1n) is 10.4. The molecule has 1 fully saturated rings. The summed E-state index contributed by atoms with van der Waals surface area (Å²) in [7, 11) is 0. The average Bonchev–Trinajstić information content (AvgIpc) is 3.17. The highest BCUT2D eigenvalue weighted by Gasteiger charge is 2.27. The standard InChI is InChI=1S/C26H23N3O2S/c1-2-18-11-13-22(14-12-18)28-26-29-25(30)24(32-26)15-19-7-5-6-10-23(19)31-17-21-9-4-3-8-20(21)16-27/h3-15,26,28H,2,17H2,1H3,(H,29,30)/b24-15-/t26-/m1/s1. The quantitative estimate of drug-likeness (QED) is 0.487. The van der Waals surface area contributed by atoms with Gasteiger partial charge in [-0.3, -0.25) is 4.79 Å². The number of nitriles is 1. The van der Waals surface area contributed by atoms with Crippen LogP contribution in [0, 0.1) is 11.3 Å². The molecule has 2 N–H and O–H groups in total. The van der Waals surface area contributed by atoms with Crippen LogP contribution in [0.4, 0.5) is 5.69 Å². The molecule has 0 aromatic heterocycles. The molecule has 0 radical (unpaired) electrons. The summed E-state index contributed by atoms with van der Waals surface area (Å²) < 4.78 is 6.00. The van der Waals surface area contributed by atoms with E-state index in [1.165, 1.54) is 17.3 Å². The lowest BCUT2D eigenvalue weighted by molar-refractivity contribution is -0.116. The van der Waals surface area contributed by atoms with Gasteiger partial charge in [0.1, 0.15) is 12.4 Å². The third kappa shape index (κ3) is 5.13. The number of carbonyl (C=O) groups excluding carboxylic acids is 1. The Balaban J connectivity index is 1.46. The van der Waals surface area contributed by atoms with Crippen LogP contribution >= 0.6 is 11.8 Å². The van der Waals surface area contributed by atoms with Gasteiger partial charge in [0.15, 0.2) is 5.50 Å². The van der Waals surface area contributed by atoms with Crippen molar-refractivity contribution in [3.05, 3.63) is 100.0 Å². The van der Waals surface area contributed by atoms with Crippen LogP contribution in [0.15, 0.2) is 77.7 Å². The van der Waals surface area contributed by atoms with Gasteiger partial charge in [-0.15, -0.1) is 0 Å². The lowest BCUT2D eigenvalue weighted by atomic mass is 10.1. The van der Waals surface area contributed by atoms with Crippen molar-refractivity contribution in [2.45, 2.75) is 25.4 Å². The van der Waals surface area contributed by atoms with Crippen molar-refractivity contribution >= 4 is 29.4 Å². The van der Waals surface area contributed by atoms with Crippen LogP contribution in [0.2, 0.25) is 0 Å². The molecule has 0 aliphatic carbocycles. The summed E-state index contributed by atoms with van der Waals surface area (Å²) in [6.45, 7) is 2.40. The molecule has 4 rings (SSSR count). The van der Waals surface area contributed by atoms with Gasteiger partial charge in [-0.25, -0.2) is 0 Å². The molecule has 0 unspecified atom stereocenters. The maximum Gasteiger partial charge on any atom is 0.260 e. The summed E-state index contributed by atoms with van der Waals surface area (Å²) in [6, 6.07) is 25.3. The minimum Gasteiger partial charge on any atom is -0.488 e. The number of benzene rings is 3. The fraction of sp³-hybridized carbons (Fsp3) is 0.154. The minimum absolute atomic E-state index is 0.123. The Morgan fingerprint density at radius 2 is 1.84 bits per heavy atom. The number of nitrogens with one attached hydrogen (secondary N) is 2. The second kappa shape index (κ2) is 10.1. The highest BCUT2D eigenvalue weighted by atomic mass is 32.2. The molecule has 1 aliphatic rings. The van der Waals surface area contributed by atoms with Crippen LogP contribution in [0.25, 0.3) is 6.08 Å². The summed E-state index contributed by atoms with van der Waals surface area (Å²) in [5.74, 6) is 0.537. The molecular weight excluding hydrogens is 418 g/mol. The second-order valence-electron chi connectivity index (χ2n) is 7.27. The number of aryl methyl sites for hydroxylation is 1. The van der Waals surface area contributed by atoms with Crippen LogP contribution in [0.3, 0.4) is 0 Å². The average molecular weight is 442 g/mol. The van der Waals surface area contributed by atoms with Gasteiger partial charge < -0.3 is 15.4 Å². The Morgan fingerprint density at radius 1 is 1.09 bits per heavy atom. The van der Waals surface area contributed by atoms with Gasteiger partial charge >= 0.3 is 0 Å². The van der Waals surface area contributed by atoms with Crippen molar-refractivity contribution in [3.8, 4) is 11.8 Å². The Labute approximate surface area is 192 Å². The number of carbonyl (C=O) groups is 1. The lowest BCUT2D eigenvalue weighted by Gasteiger charge is -2.13. The van der Waals surface area contributed by atoms with Crippen molar-refractivity contribution < 1.29 is 9.53 Å². The molecule has 1 heterocycles. The summed E-state index contributed by atoms with van der Waals surface area (Å²) in [6.07, 6.45) is 2.83. The van der Waals surface area contributed by atoms with Crippen LogP contribution in [0.1, 0.15) is 29.2 Å². The molecule has 1 saturated heterocycles. The zero-order valence-corrected chi connectivity index (χ0v) is 18.5. The zero-order chi connectivity index (χ0) is 22.3. The summed E-state index contributed by atoms with van der Waals surface area (Å²) in [5.41, 5.74) is 4.22. The molecule has 3 aromatic rings. The fourth-order valence-electron chi connectivity index (χ4n) is 3.34. The molecule has 1 amide bonds. The van der Waals surface area contributed by atoms with E-state index < -0.39 is 0 Å². The van der Waals surface area contributed by atoms with E-state index in [-0.39, 0.29) is 18.0 Å². The highest BCUT2D eigenvalue weighted by Crippen LogP contribution is 2.32. The maximum absolute atomic E-state index is 12.5. The number of thioether (sulfide) groups is 1. The summed E-state index contributed by atoms with van der Waals surface area (Å²) in [4.78, 5) is 13.1. The number of para-hydroxylation sites is 1. The molecule has 0 spiro atoms. The Kier molecular flexibility index (Phi) is 6.78. The predicted molar refractivity (Wildman–Crippen MR) is 129 cm³/mol. The molecule has 32 heavy (non-hydrogen) atoms. The molecule has 0 saturated carbocycles. The van der Waals surface area contributed by atoms with E-state index in [0.717, 1.165) is 23.2 Å². The van der Waals surface area contributed by atoms with E-state index >= 15 is 0 Å². The van der Waals surface area contributed by atoms with Gasteiger partial charge in [0.05, 0.1) is 16.5 Å². The second-order valence-corrected chi connectivity index (χ2v) is 8.42. The predicted octanol–water partition coefficient (Wildman–Crippen LogP) is 5.30. The summed E-state index contributed by atoms with van der Waals surface area (Å²) >= 11 is 1.44. The van der Waals surface area contributed by atoms with Gasteiger partial charge in [0, 0.05) is 16.8 Å². The highest BCUT2D eigenvalue weighted by molar-refractivity contribution is 8.05. The van der Waals surface area contributed by atoms with Gasteiger partial charge in [0.2, 0.25) is 0 Å². The van der Waals surface area contributed by atoms with Crippen molar-refractivity contribution in [1.82, 2.24) is 5.32 Å². The first kappa shape index (κ1) is 21.5. The zero-order valence-electron chi connectivity index (χ0n) is 17.7. The topological polar surface area (TPSA) is 74.2 Å². The third-order valence-corrected chi connectivity index (χ3v) is 6.15. The molecule has 5 nitrogen and oxygen atoms in total. The molecule has 6 heteroatoms. The number of hydrogen-bond acceptors (Lipinski definition) is 5. The SMILES string of the molecule is CCc1ccc(N[C@@H]2NC(=O)/C(=C/c3ccccc3OCc3ccccc3C#N)S2)cc1. The van der Waals surface area contributed by atoms with E-state index in [1.54, 1.807) is 6.07 Å². The molecule has 1 atom stereocenters. The van der Waals surface area contributed by atoms with E-state index in [0.29, 0.717) is 16.2 Å². The van der Waals surface area contributed by atoms with Gasteiger partial charge in [-0.1, -0.05) is 67.2 Å². The lowest BCUT2D eigenvalue weighted by Crippen LogP contribution is -2.30. The maximum atomic E-state index is 12.5. The Bertz CT molecular complexity index is 1180. The van der Waals surface area contributed by atoms with Gasteiger partial charge in [-0.2, -0.15) is 5.26 Å². The molecule has 160 valence electrons. The number of nitrogens with zero attached hydrogens (tertiary/aromatic N) is 1. The molecule has 3 aromatic carbocycles. The molecular formula is C26H23N3O2S. The number of rotatable bonds is 7. The van der Waals surface area contributed by atoms with Crippen molar-refractivity contribution in [3.63, 3.8) is 0 Å². The largest absolute Gasteiger partial charge is 0.488 e. The number of anilines is 1. The van der Waals surface area contributed by atoms with Crippen LogP contribution in [-0.2, 0) is 17.8 Å². The van der Waals surface area contributed by atoms with Crippen LogP contribution < -0.4 is 15.4 Å². The van der Waals surface area contributed by atoms with Crippen molar-refractivity contribution in [2.24, 2.45) is 0 Å². The Morgan fingerprint density at radius 3 is 2.62 bits per heavy atom. The first-order chi connectivity index (χ1) is 15.7. The smallest absolute Gasteiger partial charge is 0.260 e. The van der Waals surface area contributed by atoms with Crippen molar-refractivity contribution in [2.75, 3.05) is 5.32 Å². The van der Waals surface area contributed by atoms with Gasteiger partial charge in [0.25, 0.3) is 5.91 Å².